The number of benzene rings is 1. The van der Waals surface area contributed by atoms with Crippen LogP contribution < -0.4 is 4.72 Å². The average molecular weight is 422 g/mol. The van der Waals surface area contributed by atoms with E-state index in [9.17, 15) is 23.3 Å². The molecule has 158 valence electrons. The lowest BCUT2D eigenvalue weighted by Gasteiger charge is -2.39. The molecule has 1 saturated carbocycles. The van der Waals surface area contributed by atoms with E-state index in [2.05, 4.69) is 10.8 Å². The van der Waals surface area contributed by atoms with Crippen LogP contribution in [0.25, 0.3) is 0 Å². The van der Waals surface area contributed by atoms with E-state index in [4.69, 9.17) is 4.74 Å². The summed E-state index contributed by atoms with van der Waals surface area (Å²) in [4.78, 5) is 26.5. The first-order valence-corrected chi connectivity index (χ1v) is 11.1. The number of nitrogens with one attached hydrogen (secondary N) is 1. The third-order valence-electron chi connectivity index (χ3n) is 5.23. The molecule has 1 amide bonds. The molecular weight excluding hydrogens is 394 g/mol. The highest BCUT2D eigenvalue weighted by Crippen LogP contribution is 2.33. The highest BCUT2D eigenvalue weighted by Gasteiger charge is 2.40. The van der Waals surface area contributed by atoms with Crippen molar-refractivity contribution in [3.05, 3.63) is 29.8 Å². The summed E-state index contributed by atoms with van der Waals surface area (Å²) in [5.74, 6) is -1.17. The minimum Gasteiger partial charge on any atom is -0.449 e. The summed E-state index contributed by atoms with van der Waals surface area (Å²) < 4.78 is 31.6. The molecule has 29 heavy (non-hydrogen) atoms. The van der Waals surface area contributed by atoms with Gasteiger partial charge in [-0.15, -0.1) is 0 Å². The fraction of sp³-hybridized carbons (Fsp3) is 0.550. The Hall–Kier alpha value is -2.44. The Labute approximate surface area is 171 Å². The second kappa shape index (κ2) is 9.37. The van der Waals surface area contributed by atoms with Crippen LogP contribution in [0.15, 0.2) is 29.2 Å². The quantitative estimate of drug-likeness (QED) is 0.675. The molecule has 1 fully saturated rings. The van der Waals surface area contributed by atoms with E-state index >= 15 is 0 Å². The van der Waals surface area contributed by atoms with E-state index in [0.717, 1.165) is 19.3 Å². The Morgan fingerprint density at radius 1 is 1.24 bits per heavy atom. The molecule has 0 saturated heterocycles. The molecule has 9 heteroatoms. The molecule has 1 aliphatic rings. The number of nitrogens with zero attached hydrogens (tertiary/aromatic N) is 2. The van der Waals surface area contributed by atoms with Crippen LogP contribution in [-0.4, -0.2) is 50.4 Å². The van der Waals surface area contributed by atoms with Gasteiger partial charge in [0.15, 0.2) is 6.10 Å². The van der Waals surface area contributed by atoms with Crippen LogP contribution in [0.1, 0.15) is 56.3 Å². The first kappa shape index (κ1) is 22.8. The maximum Gasteiger partial charge on any atom is 0.338 e. The number of nitriles is 1. The Morgan fingerprint density at radius 3 is 2.34 bits per heavy atom. The fourth-order valence-electron chi connectivity index (χ4n) is 3.47. The monoisotopic (exact) mass is 421 g/mol. The number of esters is 1. The van der Waals surface area contributed by atoms with Gasteiger partial charge < -0.3 is 9.64 Å². The van der Waals surface area contributed by atoms with E-state index in [1.54, 1.807) is 14.0 Å². The molecule has 1 aromatic carbocycles. The van der Waals surface area contributed by atoms with E-state index in [1.165, 1.54) is 36.1 Å². The van der Waals surface area contributed by atoms with Crippen LogP contribution in [0.5, 0.6) is 0 Å². The van der Waals surface area contributed by atoms with Gasteiger partial charge in [-0.3, -0.25) is 4.79 Å². The lowest BCUT2D eigenvalue weighted by Crippen LogP contribution is -2.53. The van der Waals surface area contributed by atoms with Crippen molar-refractivity contribution >= 4 is 21.9 Å². The van der Waals surface area contributed by atoms with Crippen LogP contribution in [0.2, 0.25) is 0 Å². The van der Waals surface area contributed by atoms with Crippen molar-refractivity contribution in [1.82, 2.24) is 9.62 Å². The number of carbonyl (C=O) groups excluding carboxylic acids is 2. The van der Waals surface area contributed by atoms with Gasteiger partial charge in [0.2, 0.25) is 10.0 Å². The van der Waals surface area contributed by atoms with Crippen molar-refractivity contribution in [2.24, 2.45) is 0 Å². The van der Waals surface area contributed by atoms with Gasteiger partial charge in [0, 0.05) is 13.6 Å². The third-order valence-corrected chi connectivity index (χ3v) is 6.79. The predicted octanol–water partition coefficient (Wildman–Crippen LogP) is 2.21. The largest absolute Gasteiger partial charge is 0.449 e. The maximum atomic E-state index is 12.7. The Morgan fingerprint density at radius 2 is 1.83 bits per heavy atom. The second-order valence-electron chi connectivity index (χ2n) is 7.17. The summed E-state index contributed by atoms with van der Waals surface area (Å²) in [6.07, 6.45) is 2.94. The molecule has 0 bridgehead atoms. The lowest BCUT2D eigenvalue weighted by molar-refractivity contribution is -0.143. The molecule has 8 nitrogen and oxygen atoms in total. The number of likely N-dealkylation sites (N-methyl/N-ethyl adjacent to an activating group) is 1. The van der Waals surface area contributed by atoms with Gasteiger partial charge in [0.1, 0.15) is 5.54 Å². The number of hydrogen-bond donors (Lipinski definition) is 1. The van der Waals surface area contributed by atoms with Gasteiger partial charge in [-0.25, -0.2) is 17.9 Å². The molecule has 0 unspecified atom stereocenters. The molecule has 0 aliphatic heterocycles. The predicted molar refractivity (Wildman–Crippen MR) is 106 cm³/mol. The van der Waals surface area contributed by atoms with Crippen molar-refractivity contribution in [3.63, 3.8) is 0 Å². The third kappa shape index (κ3) is 5.14. The topological polar surface area (TPSA) is 117 Å². The van der Waals surface area contributed by atoms with Gasteiger partial charge in [-0.05, 0) is 44.0 Å². The average Bonchev–Trinajstić information content (AvgIpc) is 2.73. The standard InChI is InChI=1S/C20H27N3O5S/c1-4-22-29(26,27)17-10-8-16(9-11-17)19(25)28-15(2)18(24)23(3)20(14-21)12-6-5-7-13-20/h8-11,15,22H,4-7,12-13H2,1-3H3/t15-/m0/s1. The minimum absolute atomic E-state index is 0.0352. The number of hydrogen-bond acceptors (Lipinski definition) is 6. The number of carbonyl (C=O) groups is 2. The molecule has 0 spiro atoms. The van der Waals surface area contributed by atoms with Crippen molar-refractivity contribution in [2.75, 3.05) is 13.6 Å². The van der Waals surface area contributed by atoms with Gasteiger partial charge in [-0.1, -0.05) is 26.2 Å². The van der Waals surface area contributed by atoms with E-state index in [1.807, 2.05) is 0 Å². The fourth-order valence-corrected chi connectivity index (χ4v) is 4.51. The van der Waals surface area contributed by atoms with Gasteiger partial charge in [0.25, 0.3) is 5.91 Å². The van der Waals surface area contributed by atoms with Crippen molar-refractivity contribution < 1.29 is 22.7 Å². The highest BCUT2D eigenvalue weighted by atomic mass is 32.2. The van der Waals surface area contributed by atoms with Crippen LogP contribution in [0.4, 0.5) is 0 Å². The van der Waals surface area contributed by atoms with Gasteiger partial charge in [0.05, 0.1) is 16.5 Å². The number of ether oxygens (including phenoxy) is 1. The van der Waals surface area contributed by atoms with Crippen molar-refractivity contribution in [1.29, 1.82) is 5.26 Å². The zero-order valence-corrected chi connectivity index (χ0v) is 17.8. The Bertz CT molecular complexity index is 884. The zero-order chi connectivity index (χ0) is 21.7. The summed E-state index contributed by atoms with van der Waals surface area (Å²) in [5.41, 5.74) is -0.728. The molecule has 0 heterocycles. The Kier molecular flexibility index (Phi) is 7.38. The van der Waals surface area contributed by atoms with E-state index < -0.39 is 33.5 Å². The molecule has 1 N–H and O–H groups in total. The zero-order valence-electron chi connectivity index (χ0n) is 17.0. The first-order chi connectivity index (χ1) is 13.7. The lowest BCUT2D eigenvalue weighted by atomic mass is 9.81. The molecular formula is C20H27N3O5S. The van der Waals surface area contributed by atoms with E-state index in [-0.39, 0.29) is 17.0 Å². The van der Waals surface area contributed by atoms with Gasteiger partial charge >= 0.3 is 5.97 Å². The van der Waals surface area contributed by atoms with Gasteiger partial charge in [-0.2, -0.15) is 5.26 Å². The molecule has 1 aromatic rings. The maximum absolute atomic E-state index is 12.7. The first-order valence-electron chi connectivity index (χ1n) is 9.66. The van der Waals surface area contributed by atoms with Crippen molar-refractivity contribution in [3.8, 4) is 6.07 Å². The number of sulfonamides is 1. The summed E-state index contributed by atoms with van der Waals surface area (Å²) in [6, 6.07) is 7.56. The molecule has 1 atom stereocenters. The normalized spacial score (nSPS) is 17.0. The Balaban J connectivity index is 2.06. The second-order valence-corrected chi connectivity index (χ2v) is 8.94. The smallest absolute Gasteiger partial charge is 0.338 e. The van der Waals surface area contributed by atoms with E-state index in [0.29, 0.717) is 12.8 Å². The summed E-state index contributed by atoms with van der Waals surface area (Å²) >= 11 is 0. The molecule has 1 aliphatic carbocycles. The summed E-state index contributed by atoms with van der Waals surface area (Å²) in [6.45, 7) is 3.39. The van der Waals surface area contributed by atoms with Crippen molar-refractivity contribution in [2.45, 2.75) is 62.5 Å². The number of rotatable bonds is 7. The van der Waals surface area contributed by atoms with Crippen LogP contribution in [0.3, 0.4) is 0 Å². The molecule has 0 aromatic heterocycles. The molecule has 2 rings (SSSR count). The van der Waals surface area contributed by atoms with Crippen LogP contribution >= 0.6 is 0 Å². The summed E-state index contributed by atoms with van der Waals surface area (Å²) in [5, 5.41) is 9.63. The van der Waals surface area contributed by atoms with Crippen LogP contribution in [-0.2, 0) is 19.6 Å². The highest BCUT2D eigenvalue weighted by molar-refractivity contribution is 7.89. The van der Waals surface area contributed by atoms with Crippen LogP contribution in [0, 0.1) is 11.3 Å². The minimum atomic E-state index is -3.62. The summed E-state index contributed by atoms with van der Waals surface area (Å²) in [7, 11) is -2.05. The number of amides is 1. The molecule has 0 radical (unpaired) electrons. The SMILES string of the molecule is CCNS(=O)(=O)c1ccc(C(=O)O[C@@H](C)C(=O)N(C)C2(C#N)CCCCC2)cc1.